The summed E-state index contributed by atoms with van der Waals surface area (Å²) in [5, 5.41) is 8.72. The lowest BCUT2D eigenvalue weighted by molar-refractivity contribution is -0.123. The second-order valence-corrected chi connectivity index (χ2v) is 5.49. The molecule has 0 aromatic rings. The Hall–Kier alpha value is -0.750. The minimum absolute atomic E-state index is 0.00505. The van der Waals surface area contributed by atoms with E-state index in [0.29, 0.717) is 13.0 Å². The van der Waals surface area contributed by atoms with Gasteiger partial charge >= 0.3 is 0 Å². The molecule has 1 saturated heterocycles. The van der Waals surface area contributed by atoms with Crippen LogP contribution < -0.4 is 16.0 Å². The molecule has 0 saturated carbocycles. The van der Waals surface area contributed by atoms with Gasteiger partial charge in [0.2, 0.25) is 11.8 Å². The number of carbonyl (C=O) groups excluding carboxylic acids is 2. The summed E-state index contributed by atoms with van der Waals surface area (Å²) in [7, 11) is 0. The normalized spacial score (nSPS) is 20.1. The molecule has 0 aromatic carbocycles. The van der Waals surface area contributed by atoms with Gasteiger partial charge in [-0.15, -0.1) is 0 Å². The quantitative estimate of drug-likeness (QED) is 0.635. The number of carbonyl (C=O) groups is 2. The number of nitrogens with one attached hydrogen (secondary N) is 3. The summed E-state index contributed by atoms with van der Waals surface area (Å²) in [4.78, 5) is 23.0. The van der Waals surface area contributed by atoms with E-state index in [1.165, 1.54) is 0 Å². The van der Waals surface area contributed by atoms with E-state index in [-0.39, 0.29) is 23.9 Å². The summed E-state index contributed by atoms with van der Waals surface area (Å²) < 4.78 is 0. The molecule has 1 atom stereocenters. The Balaban J connectivity index is 2.13. The minimum atomic E-state index is -0.109. The van der Waals surface area contributed by atoms with Crippen LogP contribution in [0.5, 0.6) is 0 Å². The first kappa shape index (κ1) is 14.3. The van der Waals surface area contributed by atoms with E-state index < -0.39 is 0 Å². The van der Waals surface area contributed by atoms with Gasteiger partial charge in [0.05, 0.1) is 6.04 Å². The zero-order valence-electron chi connectivity index (χ0n) is 10.4. The molecule has 0 aromatic heterocycles. The van der Waals surface area contributed by atoms with Gasteiger partial charge in [0.1, 0.15) is 0 Å². The van der Waals surface area contributed by atoms with Crippen LogP contribution in [0.4, 0.5) is 0 Å². The van der Waals surface area contributed by atoms with Gasteiger partial charge < -0.3 is 16.0 Å². The molecular formula is C11H21N3O2S. The highest BCUT2D eigenvalue weighted by Gasteiger charge is 2.20. The molecule has 1 aliphatic rings. The van der Waals surface area contributed by atoms with Gasteiger partial charge in [-0.3, -0.25) is 9.59 Å². The Morgan fingerprint density at radius 1 is 1.47 bits per heavy atom. The first-order valence-electron chi connectivity index (χ1n) is 5.98. The molecule has 1 fully saturated rings. The molecule has 0 radical (unpaired) electrons. The maximum atomic E-state index is 11.7. The molecule has 98 valence electrons. The van der Waals surface area contributed by atoms with Crippen molar-refractivity contribution in [3.05, 3.63) is 0 Å². The lowest BCUT2D eigenvalue weighted by Gasteiger charge is -2.22. The maximum absolute atomic E-state index is 11.7. The molecule has 1 heterocycles. The fourth-order valence-electron chi connectivity index (χ4n) is 1.55. The van der Waals surface area contributed by atoms with E-state index in [4.69, 9.17) is 0 Å². The van der Waals surface area contributed by atoms with Crippen LogP contribution in [0.2, 0.25) is 0 Å². The average Bonchev–Trinajstić information content (AvgIpc) is 2.29. The van der Waals surface area contributed by atoms with Crippen LogP contribution in [0.1, 0.15) is 20.3 Å². The third kappa shape index (κ3) is 5.93. The van der Waals surface area contributed by atoms with E-state index in [9.17, 15) is 9.59 Å². The van der Waals surface area contributed by atoms with E-state index in [2.05, 4.69) is 16.0 Å². The lowest BCUT2D eigenvalue weighted by atomic mass is 10.3. The Labute approximate surface area is 106 Å². The van der Waals surface area contributed by atoms with Gasteiger partial charge in [-0.05, 0) is 13.8 Å². The van der Waals surface area contributed by atoms with Crippen molar-refractivity contribution >= 4 is 23.6 Å². The lowest BCUT2D eigenvalue weighted by Crippen LogP contribution is -2.49. The monoisotopic (exact) mass is 259 g/mol. The van der Waals surface area contributed by atoms with Gasteiger partial charge in [0, 0.05) is 37.1 Å². The van der Waals surface area contributed by atoms with Crippen LogP contribution >= 0.6 is 11.8 Å². The van der Waals surface area contributed by atoms with Gasteiger partial charge in [-0.25, -0.2) is 0 Å². The van der Waals surface area contributed by atoms with Crippen LogP contribution in [0.25, 0.3) is 0 Å². The highest BCUT2D eigenvalue weighted by atomic mass is 32.2. The smallest absolute Gasteiger partial charge is 0.238 e. The van der Waals surface area contributed by atoms with Gasteiger partial charge in [-0.2, -0.15) is 11.8 Å². The highest BCUT2D eigenvalue weighted by Crippen LogP contribution is 2.07. The van der Waals surface area contributed by atoms with Gasteiger partial charge in [0.15, 0.2) is 0 Å². The molecule has 3 N–H and O–H groups in total. The summed E-state index contributed by atoms with van der Waals surface area (Å²) in [6.45, 7) is 5.11. The summed E-state index contributed by atoms with van der Waals surface area (Å²) >= 11 is 1.78. The molecule has 0 aliphatic carbocycles. The Kier molecular flexibility index (Phi) is 6.36. The molecule has 17 heavy (non-hydrogen) atoms. The van der Waals surface area contributed by atoms with Crippen LogP contribution in [0.3, 0.4) is 0 Å². The first-order chi connectivity index (χ1) is 8.09. The zero-order valence-corrected chi connectivity index (χ0v) is 11.2. The van der Waals surface area contributed by atoms with Gasteiger partial charge in [0.25, 0.3) is 0 Å². The average molecular weight is 259 g/mol. The fraction of sp³-hybridized carbons (Fsp3) is 0.818. The Bertz CT molecular complexity index is 265. The third-order valence-electron chi connectivity index (χ3n) is 2.34. The van der Waals surface area contributed by atoms with E-state index in [1.54, 1.807) is 11.8 Å². The van der Waals surface area contributed by atoms with E-state index in [1.807, 2.05) is 13.8 Å². The predicted molar refractivity (Wildman–Crippen MR) is 70.0 cm³/mol. The zero-order chi connectivity index (χ0) is 12.7. The number of thioether (sulfide) groups is 1. The number of rotatable bonds is 5. The minimum Gasteiger partial charge on any atom is -0.354 e. The number of hydrogen-bond donors (Lipinski definition) is 3. The van der Waals surface area contributed by atoms with Crippen molar-refractivity contribution < 1.29 is 9.59 Å². The summed E-state index contributed by atoms with van der Waals surface area (Å²) in [5.74, 6) is 1.84. The Morgan fingerprint density at radius 3 is 2.82 bits per heavy atom. The SMILES string of the molecule is CC(C)NC(=O)CCNC(=O)C1CSCCN1. The van der Waals surface area contributed by atoms with Crippen LogP contribution in [0.15, 0.2) is 0 Å². The summed E-state index contributed by atoms with van der Waals surface area (Å²) in [6.07, 6.45) is 0.337. The molecule has 6 heteroatoms. The van der Waals surface area contributed by atoms with Crippen LogP contribution in [-0.2, 0) is 9.59 Å². The molecule has 1 unspecified atom stereocenters. The molecule has 0 bridgehead atoms. The standard InChI is InChI=1S/C11H21N3O2S/c1-8(2)14-10(15)3-4-13-11(16)9-7-17-6-5-12-9/h8-9,12H,3-7H2,1-2H3,(H,13,16)(H,14,15). The Morgan fingerprint density at radius 2 is 2.24 bits per heavy atom. The van der Waals surface area contributed by atoms with Crippen molar-refractivity contribution in [2.45, 2.75) is 32.4 Å². The molecular weight excluding hydrogens is 238 g/mol. The molecule has 2 amide bonds. The number of amides is 2. The van der Waals surface area contributed by atoms with Crippen molar-refractivity contribution in [1.29, 1.82) is 0 Å². The van der Waals surface area contributed by atoms with E-state index >= 15 is 0 Å². The summed E-state index contributed by atoms with van der Waals surface area (Å²) in [6, 6.07) is 0.0384. The molecule has 0 spiro atoms. The second kappa shape index (κ2) is 7.55. The fourth-order valence-corrected chi connectivity index (χ4v) is 2.48. The van der Waals surface area contributed by atoms with Crippen molar-refractivity contribution in [2.75, 3.05) is 24.6 Å². The predicted octanol–water partition coefficient (Wildman–Crippen LogP) is -0.278. The summed E-state index contributed by atoms with van der Waals surface area (Å²) in [5.41, 5.74) is 0. The van der Waals surface area contributed by atoms with E-state index in [0.717, 1.165) is 18.1 Å². The van der Waals surface area contributed by atoms with Crippen molar-refractivity contribution in [3.63, 3.8) is 0 Å². The molecule has 1 rings (SSSR count). The first-order valence-corrected chi connectivity index (χ1v) is 7.13. The topological polar surface area (TPSA) is 70.2 Å². The maximum Gasteiger partial charge on any atom is 0.238 e. The van der Waals surface area contributed by atoms with Crippen LogP contribution in [-0.4, -0.2) is 48.5 Å². The highest BCUT2D eigenvalue weighted by molar-refractivity contribution is 7.99. The third-order valence-corrected chi connectivity index (χ3v) is 3.40. The van der Waals surface area contributed by atoms with Gasteiger partial charge in [-0.1, -0.05) is 0 Å². The second-order valence-electron chi connectivity index (χ2n) is 4.34. The molecule has 1 aliphatic heterocycles. The van der Waals surface area contributed by atoms with Crippen molar-refractivity contribution in [2.24, 2.45) is 0 Å². The molecule has 5 nitrogen and oxygen atoms in total. The van der Waals surface area contributed by atoms with Crippen molar-refractivity contribution in [1.82, 2.24) is 16.0 Å². The van der Waals surface area contributed by atoms with Crippen molar-refractivity contribution in [3.8, 4) is 0 Å². The largest absolute Gasteiger partial charge is 0.354 e. The van der Waals surface area contributed by atoms with Crippen LogP contribution in [0, 0.1) is 0 Å². The number of hydrogen-bond acceptors (Lipinski definition) is 4.